The molecule has 1 aromatic heterocycles. The summed E-state index contributed by atoms with van der Waals surface area (Å²) >= 11 is 0. The van der Waals surface area contributed by atoms with Crippen molar-refractivity contribution < 1.29 is 4.79 Å². The molecule has 0 bridgehead atoms. The van der Waals surface area contributed by atoms with Crippen LogP contribution < -0.4 is 0 Å². The van der Waals surface area contributed by atoms with Crippen molar-refractivity contribution in [3.05, 3.63) is 42.2 Å². The van der Waals surface area contributed by atoms with E-state index < -0.39 is 0 Å². The third kappa shape index (κ3) is 10.9. The smallest absolute Gasteiger partial charge is 0.120 e. The molecule has 1 aromatic rings. The molecule has 0 N–H and O–H groups in total. The molecule has 0 saturated heterocycles. The maximum Gasteiger partial charge on any atom is 0.120 e. The van der Waals surface area contributed by atoms with Crippen molar-refractivity contribution >= 4 is 6.29 Å². The predicted molar refractivity (Wildman–Crippen MR) is 89.3 cm³/mol. The monoisotopic (exact) mass is 287 g/mol. The summed E-state index contributed by atoms with van der Waals surface area (Å²) < 4.78 is 0. The van der Waals surface area contributed by atoms with Crippen molar-refractivity contribution in [2.75, 3.05) is 0 Å². The standard InChI is InChI=1S/C19H29NO/c21-17-12-10-8-6-4-2-1-3-5-7-9-11-14-19-15-13-16-20-18-19/h4,6,13,15-18H,1-3,5,7-12,14H2/b6-4+. The molecule has 0 saturated carbocycles. The maximum atomic E-state index is 10.1. The number of unbranched alkanes of at least 4 members (excludes halogenated alkanes) is 8. The summed E-state index contributed by atoms with van der Waals surface area (Å²) in [6.45, 7) is 0. The highest BCUT2D eigenvalue weighted by Gasteiger charge is 1.94. The molecule has 0 atom stereocenters. The first kappa shape index (κ1) is 17.6. The van der Waals surface area contributed by atoms with Crippen LogP contribution in [-0.2, 0) is 11.2 Å². The largest absolute Gasteiger partial charge is 0.303 e. The zero-order chi connectivity index (χ0) is 15.0. The number of carbonyl (C=O) groups excluding carboxylic acids is 1. The molecule has 1 heterocycles. The van der Waals surface area contributed by atoms with E-state index in [2.05, 4.69) is 23.2 Å². The van der Waals surface area contributed by atoms with Gasteiger partial charge >= 0.3 is 0 Å². The molecule has 2 heteroatoms. The normalized spacial score (nSPS) is 11.0. The van der Waals surface area contributed by atoms with Crippen LogP contribution in [0.2, 0.25) is 0 Å². The Morgan fingerprint density at radius 3 is 2.29 bits per heavy atom. The Morgan fingerprint density at radius 2 is 1.57 bits per heavy atom. The van der Waals surface area contributed by atoms with Crippen LogP contribution in [0.4, 0.5) is 0 Å². The number of hydrogen-bond acceptors (Lipinski definition) is 2. The highest BCUT2D eigenvalue weighted by atomic mass is 16.1. The van der Waals surface area contributed by atoms with Gasteiger partial charge in [0, 0.05) is 18.8 Å². The summed E-state index contributed by atoms with van der Waals surface area (Å²) in [5.41, 5.74) is 1.36. The van der Waals surface area contributed by atoms with Crippen molar-refractivity contribution in [2.45, 2.75) is 70.6 Å². The summed E-state index contributed by atoms with van der Waals surface area (Å²) in [4.78, 5) is 14.3. The Kier molecular flexibility index (Phi) is 11.4. The van der Waals surface area contributed by atoms with E-state index in [1.807, 2.05) is 18.5 Å². The van der Waals surface area contributed by atoms with Crippen molar-refractivity contribution in [3.8, 4) is 0 Å². The molecule has 2 nitrogen and oxygen atoms in total. The molecular formula is C19H29NO. The van der Waals surface area contributed by atoms with E-state index in [0.717, 1.165) is 25.5 Å². The number of rotatable bonds is 13. The van der Waals surface area contributed by atoms with Gasteiger partial charge in [-0.05, 0) is 50.2 Å². The second-order valence-electron chi connectivity index (χ2n) is 5.59. The number of hydrogen-bond donors (Lipinski definition) is 0. The minimum absolute atomic E-state index is 0.698. The SMILES string of the molecule is O=CCCC/C=C/CCCCCCCCc1cccnc1. The van der Waals surface area contributed by atoms with Crippen LogP contribution in [0.1, 0.15) is 69.8 Å². The maximum absolute atomic E-state index is 10.1. The first-order valence-electron chi connectivity index (χ1n) is 8.41. The van der Waals surface area contributed by atoms with E-state index in [1.54, 1.807) is 0 Å². The van der Waals surface area contributed by atoms with Crippen LogP contribution in [0, 0.1) is 0 Å². The highest BCUT2D eigenvalue weighted by molar-refractivity contribution is 5.48. The van der Waals surface area contributed by atoms with Gasteiger partial charge in [-0.25, -0.2) is 0 Å². The van der Waals surface area contributed by atoms with E-state index in [-0.39, 0.29) is 0 Å². The lowest BCUT2D eigenvalue weighted by atomic mass is 10.1. The van der Waals surface area contributed by atoms with Gasteiger partial charge in [0.2, 0.25) is 0 Å². The Balaban J connectivity index is 1.81. The second kappa shape index (κ2) is 13.5. The summed E-state index contributed by atoms with van der Waals surface area (Å²) in [5.74, 6) is 0. The Bertz CT molecular complexity index is 372. The van der Waals surface area contributed by atoms with Gasteiger partial charge in [-0.2, -0.15) is 0 Å². The minimum atomic E-state index is 0.698. The summed E-state index contributed by atoms with van der Waals surface area (Å²) in [6.07, 6.45) is 22.3. The quantitative estimate of drug-likeness (QED) is 0.281. The van der Waals surface area contributed by atoms with Gasteiger partial charge in [-0.15, -0.1) is 0 Å². The van der Waals surface area contributed by atoms with Gasteiger partial charge < -0.3 is 4.79 Å². The zero-order valence-electron chi connectivity index (χ0n) is 13.2. The lowest BCUT2D eigenvalue weighted by Gasteiger charge is -2.01. The minimum Gasteiger partial charge on any atom is -0.303 e. The van der Waals surface area contributed by atoms with Crippen LogP contribution >= 0.6 is 0 Å². The number of nitrogens with zero attached hydrogens (tertiary/aromatic N) is 1. The van der Waals surface area contributed by atoms with Gasteiger partial charge in [0.25, 0.3) is 0 Å². The van der Waals surface area contributed by atoms with Crippen LogP contribution in [0.3, 0.4) is 0 Å². The summed E-state index contributed by atoms with van der Waals surface area (Å²) in [6, 6.07) is 4.18. The highest BCUT2D eigenvalue weighted by Crippen LogP contribution is 2.10. The first-order chi connectivity index (χ1) is 10.4. The molecule has 21 heavy (non-hydrogen) atoms. The topological polar surface area (TPSA) is 30.0 Å². The van der Waals surface area contributed by atoms with Crippen LogP contribution in [-0.4, -0.2) is 11.3 Å². The van der Waals surface area contributed by atoms with E-state index in [4.69, 9.17) is 0 Å². The Morgan fingerprint density at radius 1 is 0.857 bits per heavy atom. The average Bonchev–Trinajstić information content (AvgIpc) is 2.53. The van der Waals surface area contributed by atoms with Gasteiger partial charge in [-0.1, -0.05) is 43.9 Å². The van der Waals surface area contributed by atoms with Crippen molar-refractivity contribution in [1.82, 2.24) is 4.98 Å². The van der Waals surface area contributed by atoms with Gasteiger partial charge in [-0.3, -0.25) is 4.98 Å². The molecule has 0 radical (unpaired) electrons. The van der Waals surface area contributed by atoms with Crippen molar-refractivity contribution in [3.63, 3.8) is 0 Å². The predicted octanol–water partition coefficient (Wildman–Crippen LogP) is 5.28. The van der Waals surface area contributed by atoms with Gasteiger partial charge in [0.15, 0.2) is 0 Å². The fraction of sp³-hybridized carbons (Fsp3) is 0.579. The van der Waals surface area contributed by atoms with Crippen LogP contribution in [0.25, 0.3) is 0 Å². The molecule has 0 aliphatic rings. The number of allylic oxidation sites excluding steroid dienone is 2. The second-order valence-corrected chi connectivity index (χ2v) is 5.59. The number of pyridine rings is 1. The molecule has 0 unspecified atom stereocenters. The Labute approximate surface area is 129 Å². The first-order valence-corrected chi connectivity index (χ1v) is 8.41. The summed E-state index contributed by atoms with van der Waals surface area (Å²) in [7, 11) is 0. The lowest BCUT2D eigenvalue weighted by Crippen LogP contribution is -1.87. The average molecular weight is 287 g/mol. The van der Waals surface area contributed by atoms with Gasteiger partial charge in [0.05, 0.1) is 0 Å². The van der Waals surface area contributed by atoms with Crippen LogP contribution in [0.5, 0.6) is 0 Å². The van der Waals surface area contributed by atoms with E-state index in [1.165, 1.54) is 50.5 Å². The zero-order valence-corrected chi connectivity index (χ0v) is 13.2. The van der Waals surface area contributed by atoms with E-state index >= 15 is 0 Å². The fourth-order valence-corrected chi connectivity index (χ4v) is 2.40. The lowest BCUT2D eigenvalue weighted by molar-refractivity contribution is -0.107. The number of aryl methyl sites for hydroxylation is 1. The van der Waals surface area contributed by atoms with Crippen LogP contribution in [0.15, 0.2) is 36.7 Å². The number of aromatic nitrogens is 1. The molecule has 0 aliphatic carbocycles. The number of aldehydes is 1. The van der Waals surface area contributed by atoms with Crippen molar-refractivity contribution in [2.24, 2.45) is 0 Å². The van der Waals surface area contributed by atoms with Crippen molar-refractivity contribution in [1.29, 1.82) is 0 Å². The third-order valence-electron chi connectivity index (χ3n) is 3.67. The molecule has 0 aromatic carbocycles. The summed E-state index contributed by atoms with van der Waals surface area (Å²) in [5, 5.41) is 0. The third-order valence-corrected chi connectivity index (χ3v) is 3.67. The fourth-order valence-electron chi connectivity index (χ4n) is 2.40. The molecule has 0 fully saturated rings. The van der Waals surface area contributed by atoms with Gasteiger partial charge in [0.1, 0.15) is 6.29 Å². The molecule has 116 valence electrons. The van der Waals surface area contributed by atoms with E-state index in [0.29, 0.717) is 6.42 Å². The number of carbonyl (C=O) groups is 1. The van der Waals surface area contributed by atoms with E-state index in [9.17, 15) is 4.79 Å². The Hall–Kier alpha value is -1.44. The molecule has 0 aliphatic heterocycles. The molecule has 1 rings (SSSR count). The molecule has 0 amide bonds. The molecular weight excluding hydrogens is 258 g/mol. The molecule has 0 spiro atoms.